The van der Waals surface area contributed by atoms with Gasteiger partial charge < -0.3 is 9.47 Å². The van der Waals surface area contributed by atoms with Crippen LogP contribution in [0.25, 0.3) is 0 Å². The lowest BCUT2D eigenvalue weighted by Gasteiger charge is -2.08. The molecule has 0 radical (unpaired) electrons. The van der Waals surface area contributed by atoms with Crippen LogP contribution < -0.4 is 0 Å². The van der Waals surface area contributed by atoms with Gasteiger partial charge >= 0.3 is 16.1 Å². The van der Waals surface area contributed by atoms with E-state index in [-0.39, 0.29) is 23.8 Å². The molecule has 26 heavy (non-hydrogen) atoms. The first-order valence-electron chi connectivity index (χ1n) is 7.74. The highest BCUT2D eigenvalue weighted by molar-refractivity contribution is 7.86. The highest BCUT2D eigenvalue weighted by atomic mass is 32.2. The lowest BCUT2D eigenvalue weighted by molar-refractivity contribution is -0.136. The molecule has 0 amide bonds. The number of hydrogen-bond acceptors (Lipinski definition) is 7. The standard InChI is InChI=1S/C18H19NO6S/c1-14-8-10-16(11-9-14)26(21,22)25-19-17(15-6-4-3-5-7-15)18(20)24-13-12-23-2/h3-11H,12-13H2,1-2H3/b19-17-. The van der Waals surface area contributed by atoms with E-state index in [9.17, 15) is 13.2 Å². The molecule has 2 aromatic rings. The van der Waals surface area contributed by atoms with Crippen LogP contribution in [0, 0.1) is 6.92 Å². The summed E-state index contributed by atoms with van der Waals surface area (Å²) in [7, 11) is -2.69. The number of rotatable bonds is 8. The summed E-state index contributed by atoms with van der Waals surface area (Å²) in [4.78, 5) is 12.2. The predicted octanol–water partition coefficient (Wildman–Crippen LogP) is 2.29. The Morgan fingerprint density at radius 2 is 1.65 bits per heavy atom. The first kappa shape index (κ1) is 19.6. The second kappa shape index (κ2) is 9.12. The van der Waals surface area contributed by atoms with Gasteiger partial charge in [0.1, 0.15) is 11.5 Å². The van der Waals surface area contributed by atoms with E-state index in [1.807, 2.05) is 6.92 Å². The van der Waals surface area contributed by atoms with Crippen molar-refractivity contribution in [1.29, 1.82) is 0 Å². The van der Waals surface area contributed by atoms with Crippen LogP contribution in [0.4, 0.5) is 0 Å². The molecule has 138 valence electrons. The summed E-state index contributed by atoms with van der Waals surface area (Å²) in [5, 5.41) is 3.56. The van der Waals surface area contributed by atoms with Crippen LogP contribution in [0.5, 0.6) is 0 Å². The lowest BCUT2D eigenvalue weighted by Crippen LogP contribution is -2.21. The fraction of sp³-hybridized carbons (Fsp3) is 0.222. The van der Waals surface area contributed by atoms with Crippen molar-refractivity contribution in [1.82, 2.24) is 0 Å². The van der Waals surface area contributed by atoms with Gasteiger partial charge in [-0.2, -0.15) is 8.42 Å². The third-order valence-electron chi connectivity index (χ3n) is 3.30. The summed E-state index contributed by atoms with van der Waals surface area (Å²) in [6.07, 6.45) is 0. The molecule has 0 N–H and O–H groups in total. The number of carbonyl (C=O) groups is 1. The maximum Gasteiger partial charge on any atom is 0.361 e. The number of benzene rings is 2. The second-order valence-corrected chi connectivity index (χ2v) is 6.81. The molecule has 0 saturated heterocycles. The largest absolute Gasteiger partial charge is 0.458 e. The van der Waals surface area contributed by atoms with E-state index in [1.54, 1.807) is 42.5 Å². The Balaban J connectivity index is 2.26. The van der Waals surface area contributed by atoms with Gasteiger partial charge in [0, 0.05) is 12.7 Å². The Labute approximate surface area is 152 Å². The number of oxime groups is 1. The summed E-state index contributed by atoms with van der Waals surface area (Å²) in [6.45, 7) is 2.04. The van der Waals surface area contributed by atoms with Crippen molar-refractivity contribution in [2.75, 3.05) is 20.3 Å². The average molecular weight is 377 g/mol. The second-order valence-electron chi connectivity index (χ2n) is 5.28. The molecular weight excluding hydrogens is 358 g/mol. The molecule has 7 nitrogen and oxygen atoms in total. The number of methoxy groups -OCH3 is 1. The number of esters is 1. The Hall–Kier alpha value is -2.71. The highest BCUT2D eigenvalue weighted by Crippen LogP contribution is 2.14. The van der Waals surface area contributed by atoms with Gasteiger partial charge in [-0.15, -0.1) is 0 Å². The fourth-order valence-corrected chi connectivity index (χ4v) is 2.65. The third-order valence-corrected chi connectivity index (χ3v) is 4.42. The summed E-state index contributed by atoms with van der Waals surface area (Å²) in [5.74, 6) is -0.813. The van der Waals surface area contributed by atoms with Crippen LogP contribution in [0.3, 0.4) is 0 Å². The molecule has 0 aliphatic heterocycles. The van der Waals surface area contributed by atoms with Gasteiger partial charge in [-0.1, -0.05) is 53.2 Å². The number of hydrogen-bond donors (Lipinski definition) is 0. The van der Waals surface area contributed by atoms with Crippen molar-refractivity contribution in [2.24, 2.45) is 5.16 Å². The molecule has 0 aliphatic carbocycles. The Morgan fingerprint density at radius 3 is 2.27 bits per heavy atom. The Kier molecular flexibility index (Phi) is 6.88. The maximum absolute atomic E-state index is 12.3. The molecule has 0 atom stereocenters. The minimum absolute atomic E-state index is 0.00585. The first-order chi connectivity index (χ1) is 12.4. The molecule has 8 heteroatoms. The van der Waals surface area contributed by atoms with Crippen molar-refractivity contribution in [2.45, 2.75) is 11.8 Å². The van der Waals surface area contributed by atoms with E-state index in [4.69, 9.17) is 13.8 Å². The zero-order chi connectivity index (χ0) is 19.0. The summed E-state index contributed by atoms with van der Waals surface area (Å²) in [5.41, 5.74) is 1.02. The van der Waals surface area contributed by atoms with Crippen LogP contribution in [0.15, 0.2) is 64.6 Å². The van der Waals surface area contributed by atoms with Crippen molar-refractivity contribution in [3.05, 3.63) is 65.7 Å². The van der Waals surface area contributed by atoms with E-state index < -0.39 is 16.1 Å². The first-order valence-corrected chi connectivity index (χ1v) is 9.14. The third kappa shape index (κ3) is 5.40. The van der Waals surface area contributed by atoms with Gasteiger partial charge in [-0.3, -0.25) is 4.28 Å². The summed E-state index contributed by atoms with van der Waals surface area (Å²) < 4.78 is 39.1. The van der Waals surface area contributed by atoms with Crippen LogP contribution >= 0.6 is 0 Å². The van der Waals surface area contributed by atoms with Crippen LogP contribution in [0.1, 0.15) is 11.1 Å². The predicted molar refractivity (Wildman–Crippen MR) is 95.3 cm³/mol. The SMILES string of the molecule is COCCOC(=O)/C(=N\OS(=O)(=O)c1ccc(C)cc1)c1ccccc1. The van der Waals surface area contributed by atoms with Gasteiger partial charge in [0.25, 0.3) is 0 Å². The number of carbonyl (C=O) groups excluding carboxylic acids is 1. The molecule has 0 fully saturated rings. The topological polar surface area (TPSA) is 91.3 Å². The zero-order valence-electron chi connectivity index (χ0n) is 14.4. The minimum atomic E-state index is -4.16. The molecular formula is C18H19NO6S. The van der Waals surface area contributed by atoms with Crippen LogP contribution in [-0.2, 0) is 28.7 Å². The molecule has 0 spiro atoms. The smallest absolute Gasteiger partial charge is 0.361 e. The van der Waals surface area contributed by atoms with Crippen molar-refractivity contribution >= 4 is 21.8 Å². The molecule has 0 heterocycles. The van der Waals surface area contributed by atoms with E-state index in [0.29, 0.717) is 5.56 Å². The molecule has 0 saturated carbocycles. The molecule has 0 bridgehead atoms. The summed E-state index contributed by atoms with van der Waals surface area (Å²) in [6, 6.07) is 14.4. The molecule has 2 rings (SSSR count). The average Bonchev–Trinajstić information content (AvgIpc) is 2.63. The van der Waals surface area contributed by atoms with Gasteiger partial charge in [0.15, 0.2) is 5.71 Å². The number of aryl methyl sites for hydroxylation is 1. The van der Waals surface area contributed by atoms with Crippen molar-refractivity contribution in [3.8, 4) is 0 Å². The van der Waals surface area contributed by atoms with E-state index >= 15 is 0 Å². The maximum atomic E-state index is 12.3. The van der Waals surface area contributed by atoms with Crippen LogP contribution in [0.2, 0.25) is 0 Å². The molecule has 0 unspecified atom stereocenters. The van der Waals surface area contributed by atoms with Crippen molar-refractivity contribution in [3.63, 3.8) is 0 Å². The molecule has 0 aromatic heterocycles. The lowest BCUT2D eigenvalue weighted by atomic mass is 10.1. The normalized spacial score (nSPS) is 11.8. The van der Waals surface area contributed by atoms with Crippen LogP contribution in [-0.4, -0.2) is 40.4 Å². The molecule has 2 aromatic carbocycles. The zero-order valence-corrected chi connectivity index (χ0v) is 15.2. The quantitative estimate of drug-likeness (QED) is 0.303. The van der Waals surface area contributed by atoms with Gasteiger partial charge in [-0.25, -0.2) is 4.79 Å². The summed E-state index contributed by atoms with van der Waals surface area (Å²) >= 11 is 0. The van der Waals surface area contributed by atoms with Gasteiger partial charge in [0.05, 0.1) is 6.61 Å². The minimum Gasteiger partial charge on any atom is -0.458 e. The molecule has 0 aliphatic rings. The Morgan fingerprint density at radius 1 is 1.00 bits per heavy atom. The van der Waals surface area contributed by atoms with Crippen molar-refractivity contribution < 1.29 is 27.0 Å². The van der Waals surface area contributed by atoms with Gasteiger partial charge in [-0.05, 0) is 19.1 Å². The monoisotopic (exact) mass is 377 g/mol. The van der Waals surface area contributed by atoms with E-state index in [1.165, 1.54) is 19.2 Å². The number of nitrogens with zero attached hydrogens (tertiary/aromatic N) is 1. The van der Waals surface area contributed by atoms with E-state index in [0.717, 1.165) is 5.56 Å². The van der Waals surface area contributed by atoms with E-state index in [2.05, 4.69) is 5.16 Å². The Bertz CT molecular complexity index is 860. The van der Waals surface area contributed by atoms with Gasteiger partial charge in [0.2, 0.25) is 0 Å². The highest BCUT2D eigenvalue weighted by Gasteiger charge is 2.21. The fourth-order valence-electron chi connectivity index (χ4n) is 1.92. The number of ether oxygens (including phenoxy) is 2.